The first-order chi connectivity index (χ1) is 12.6. The lowest BCUT2D eigenvalue weighted by atomic mass is 9.74. The van der Waals surface area contributed by atoms with Crippen molar-refractivity contribution in [2.75, 3.05) is 20.2 Å². The maximum atomic E-state index is 12.4. The summed E-state index contributed by atoms with van der Waals surface area (Å²) in [6.45, 7) is 3.52. The zero-order valence-corrected chi connectivity index (χ0v) is 15.9. The molecule has 142 valence electrons. The van der Waals surface area contributed by atoms with E-state index in [1.54, 1.807) is 7.11 Å². The first-order valence-electron chi connectivity index (χ1n) is 9.77. The van der Waals surface area contributed by atoms with E-state index in [1.807, 2.05) is 29.2 Å². The smallest absolute Gasteiger partial charge is 0.222 e. The molecule has 0 radical (unpaired) electrons. The highest BCUT2D eigenvalue weighted by atomic mass is 16.5. The van der Waals surface area contributed by atoms with Gasteiger partial charge in [-0.2, -0.15) is 0 Å². The third kappa shape index (κ3) is 3.87. The van der Waals surface area contributed by atoms with Crippen LogP contribution >= 0.6 is 0 Å². The fourth-order valence-electron chi connectivity index (χ4n) is 4.71. The highest BCUT2D eigenvalue weighted by molar-refractivity contribution is 5.78. The SMILES string of the molecule is CCN1C(=O)CCC2(CNC(=O)CCc3cccc(OC)c3)CCCC12. The zero-order valence-electron chi connectivity index (χ0n) is 15.9. The van der Waals surface area contributed by atoms with Crippen LogP contribution < -0.4 is 10.1 Å². The van der Waals surface area contributed by atoms with Crippen LogP contribution in [0.2, 0.25) is 0 Å². The van der Waals surface area contributed by atoms with E-state index in [9.17, 15) is 9.59 Å². The highest BCUT2D eigenvalue weighted by Gasteiger charge is 2.49. The van der Waals surface area contributed by atoms with E-state index in [1.165, 1.54) is 0 Å². The molecule has 26 heavy (non-hydrogen) atoms. The molecular formula is C21H30N2O3. The fraction of sp³-hybridized carbons (Fsp3) is 0.619. The van der Waals surface area contributed by atoms with Crippen molar-refractivity contribution in [1.29, 1.82) is 0 Å². The Morgan fingerprint density at radius 1 is 1.38 bits per heavy atom. The molecule has 0 aromatic heterocycles. The minimum atomic E-state index is 0.0789. The van der Waals surface area contributed by atoms with Crippen LogP contribution in [-0.4, -0.2) is 43.0 Å². The molecule has 1 aliphatic heterocycles. The minimum absolute atomic E-state index is 0.0789. The summed E-state index contributed by atoms with van der Waals surface area (Å²) in [6.07, 6.45) is 6.03. The molecule has 1 saturated heterocycles. The molecule has 2 fully saturated rings. The van der Waals surface area contributed by atoms with Gasteiger partial charge in [0.1, 0.15) is 5.75 Å². The molecule has 5 nitrogen and oxygen atoms in total. The number of ether oxygens (including phenoxy) is 1. The van der Waals surface area contributed by atoms with E-state index in [2.05, 4.69) is 12.2 Å². The van der Waals surface area contributed by atoms with Crippen molar-refractivity contribution >= 4 is 11.8 Å². The summed E-state index contributed by atoms with van der Waals surface area (Å²) < 4.78 is 5.23. The number of rotatable bonds is 7. The van der Waals surface area contributed by atoms with Crippen LogP contribution in [0.1, 0.15) is 51.0 Å². The van der Waals surface area contributed by atoms with Crippen LogP contribution in [-0.2, 0) is 16.0 Å². The van der Waals surface area contributed by atoms with Gasteiger partial charge >= 0.3 is 0 Å². The Labute approximate surface area is 156 Å². The van der Waals surface area contributed by atoms with Gasteiger partial charge in [-0.3, -0.25) is 9.59 Å². The second kappa shape index (κ2) is 8.11. The van der Waals surface area contributed by atoms with Gasteiger partial charge in [0.05, 0.1) is 7.11 Å². The van der Waals surface area contributed by atoms with Gasteiger partial charge in [-0.05, 0) is 50.3 Å². The Morgan fingerprint density at radius 2 is 2.23 bits per heavy atom. The molecule has 1 aromatic carbocycles. The number of hydrogen-bond acceptors (Lipinski definition) is 3. The molecule has 2 unspecified atom stereocenters. The maximum Gasteiger partial charge on any atom is 0.222 e. The Bertz CT molecular complexity index is 660. The first-order valence-corrected chi connectivity index (χ1v) is 9.77. The standard InChI is InChI=1S/C21H30N2O3/c1-3-23-18-8-5-12-21(18,13-11-20(23)25)15-22-19(24)10-9-16-6-4-7-17(14-16)26-2/h4,6-7,14,18H,3,5,8-13,15H2,1-2H3,(H,22,24). The summed E-state index contributed by atoms with van der Waals surface area (Å²) in [5, 5.41) is 3.16. The van der Waals surface area contributed by atoms with Gasteiger partial charge in [0, 0.05) is 37.4 Å². The first kappa shape index (κ1) is 18.7. The quantitative estimate of drug-likeness (QED) is 0.815. The number of methoxy groups -OCH3 is 1. The van der Waals surface area contributed by atoms with Crippen LogP contribution in [0.5, 0.6) is 5.75 Å². The molecule has 3 rings (SSSR count). The molecule has 0 bridgehead atoms. The van der Waals surface area contributed by atoms with Crippen LogP contribution in [0.3, 0.4) is 0 Å². The van der Waals surface area contributed by atoms with Crippen LogP contribution in [0, 0.1) is 5.41 Å². The molecule has 1 heterocycles. The average molecular weight is 358 g/mol. The molecular weight excluding hydrogens is 328 g/mol. The van der Waals surface area contributed by atoms with Gasteiger partial charge in [0.15, 0.2) is 0 Å². The Morgan fingerprint density at radius 3 is 3.00 bits per heavy atom. The lowest BCUT2D eigenvalue weighted by molar-refractivity contribution is -0.141. The number of carbonyl (C=O) groups excluding carboxylic acids is 2. The molecule has 1 N–H and O–H groups in total. The number of hydrogen-bond donors (Lipinski definition) is 1. The van der Waals surface area contributed by atoms with E-state index >= 15 is 0 Å². The number of aryl methyl sites for hydroxylation is 1. The highest BCUT2D eigenvalue weighted by Crippen LogP contribution is 2.47. The van der Waals surface area contributed by atoms with Gasteiger partial charge in [-0.1, -0.05) is 18.6 Å². The average Bonchev–Trinajstić information content (AvgIpc) is 3.09. The fourth-order valence-corrected chi connectivity index (χ4v) is 4.71. The van der Waals surface area contributed by atoms with Crippen molar-refractivity contribution in [2.24, 2.45) is 5.41 Å². The lowest BCUT2D eigenvalue weighted by Gasteiger charge is -2.46. The predicted octanol–water partition coefficient (Wildman–Crippen LogP) is 2.93. The van der Waals surface area contributed by atoms with Crippen molar-refractivity contribution < 1.29 is 14.3 Å². The third-order valence-electron chi connectivity index (χ3n) is 6.15. The number of benzene rings is 1. The number of carbonyl (C=O) groups is 2. The summed E-state index contributed by atoms with van der Waals surface area (Å²) in [6, 6.07) is 8.16. The molecule has 1 aromatic rings. The van der Waals surface area contributed by atoms with E-state index in [4.69, 9.17) is 4.74 Å². The molecule has 0 spiro atoms. The van der Waals surface area contributed by atoms with Gasteiger partial charge in [0.2, 0.25) is 11.8 Å². The molecule has 2 amide bonds. The normalized spacial score (nSPS) is 25.1. The van der Waals surface area contributed by atoms with Crippen LogP contribution in [0.25, 0.3) is 0 Å². The zero-order chi connectivity index (χ0) is 18.6. The number of nitrogens with one attached hydrogen (secondary N) is 1. The van der Waals surface area contributed by atoms with Gasteiger partial charge in [-0.15, -0.1) is 0 Å². The van der Waals surface area contributed by atoms with E-state index in [0.29, 0.717) is 31.8 Å². The van der Waals surface area contributed by atoms with Crippen LogP contribution in [0.15, 0.2) is 24.3 Å². The minimum Gasteiger partial charge on any atom is -0.497 e. The molecule has 5 heteroatoms. The number of piperidine rings is 1. The second-order valence-electron chi connectivity index (χ2n) is 7.58. The summed E-state index contributed by atoms with van der Waals surface area (Å²) in [7, 11) is 1.65. The molecule has 1 saturated carbocycles. The summed E-state index contributed by atoms with van der Waals surface area (Å²) in [5.74, 6) is 1.19. The maximum absolute atomic E-state index is 12.4. The predicted molar refractivity (Wildman–Crippen MR) is 101 cm³/mol. The number of fused-ring (bicyclic) bond motifs is 1. The van der Waals surface area contributed by atoms with Crippen molar-refractivity contribution in [2.45, 2.75) is 57.9 Å². The van der Waals surface area contributed by atoms with Crippen molar-refractivity contribution in [3.05, 3.63) is 29.8 Å². The lowest BCUT2D eigenvalue weighted by Crippen LogP contribution is -2.55. The third-order valence-corrected chi connectivity index (χ3v) is 6.15. The summed E-state index contributed by atoms with van der Waals surface area (Å²) >= 11 is 0. The topological polar surface area (TPSA) is 58.6 Å². The number of nitrogens with zero attached hydrogens (tertiary/aromatic N) is 1. The second-order valence-corrected chi connectivity index (χ2v) is 7.58. The van der Waals surface area contributed by atoms with E-state index in [0.717, 1.165) is 43.5 Å². The van der Waals surface area contributed by atoms with E-state index in [-0.39, 0.29) is 17.2 Å². The van der Waals surface area contributed by atoms with Gasteiger partial charge < -0.3 is 15.0 Å². The van der Waals surface area contributed by atoms with Crippen molar-refractivity contribution in [1.82, 2.24) is 10.2 Å². The van der Waals surface area contributed by atoms with E-state index < -0.39 is 0 Å². The molecule has 2 aliphatic rings. The Balaban J connectivity index is 1.54. The number of likely N-dealkylation sites (tertiary alicyclic amines) is 1. The van der Waals surface area contributed by atoms with Gasteiger partial charge in [0.25, 0.3) is 0 Å². The Hall–Kier alpha value is -2.04. The van der Waals surface area contributed by atoms with Crippen molar-refractivity contribution in [3.8, 4) is 5.75 Å². The summed E-state index contributed by atoms with van der Waals surface area (Å²) in [4.78, 5) is 26.6. The van der Waals surface area contributed by atoms with Gasteiger partial charge in [-0.25, -0.2) is 0 Å². The molecule has 1 aliphatic carbocycles. The van der Waals surface area contributed by atoms with Crippen LogP contribution in [0.4, 0.5) is 0 Å². The largest absolute Gasteiger partial charge is 0.497 e. The van der Waals surface area contributed by atoms with Crippen molar-refractivity contribution in [3.63, 3.8) is 0 Å². The summed E-state index contributed by atoms with van der Waals surface area (Å²) in [5.41, 5.74) is 1.19. The Kier molecular flexibility index (Phi) is 5.84. The monoisotopic (exact) mass is 358 g/mol. The molecule has 2 atom stereocenters. The number of amides is 2.